The topological polar surface area (TPSA) is 66.6 Å². The number of carbonyl (C=O) groups is 1. The third-order valence-corrected chi connectivity index (χ3v) is 3.47. The molecule has 1 N–H and O–H groups in total. The van der Waals surface area contributed by atoms with Crippen molar-refractivity contribution in [1.29, 1.82) is 0 Å². The van der Waals surface area contributed by atoms with Crippen LogP contribution in [-0.2, 0) is 11.3 Å². The van der Waals surface area contributed by atoms with Crippen LogP contribution in [0, 0.1) is 6.92 Å². The number of hydrogen-bond donors (Lipinski definition) is 1. The van der Waals surface area contributed by atoms with E-state index in [4.69, 9.17) is 9.52 Å². The first-order valence-corrected chi connectivity index (χ1v) is 6.95. The highest BCUT2D eigenvalue weighted by molar-refractivity contribution is 5.73. The van der Waals surface area contributed by atoms with E-state index in [0.717, 1.165) is 11.3 Å². The van der Waals surface area contributed by atoms with E-state index in [-0.39, 0.29) is 0 Å². The van der Waals surface area contributed by atoms with Gasteiger partial charge in [-0.1, -0.05) is 24.6 Å². The summed E-state index contributed by atoms with van der Waals surface area (Å²) < 4.78 is 5.48. The highest BCUT2D eigenvalue weighted by Crippen LogP contribution is 2.20. The average molecular weight is 288 g/mol. The Morgan fingerprint density at radius 2 is 2.05 bits per heavy atom. The molecule has 1 atom stereocenters. The van der Waals surface area contributed by atoms with Crippen LogP contribution < -0.4 is 0 Å². The molecule has 0 aliphatic carbocycles. The predicted octanol–water partition coefficient (Wildman–Crippen LogP) is 2.95. The van der Waals surface area contributed by atoms with Gasteiger partial charge in [0.15, 0.2) is 0 Å². The summed E-state index contributed by atoms with van der Waals surface area (Å²) in [6.45, 7) is 4.33. The van der Waals surface area contributed by atoms with Gasteiger partial charge in [0, 0.05) is 12.1 Å². The molecule has 0 amide bonds. The van der Waals surface area contributed by atoms with E-state index in [1.807, 2.05) is 38.1 Å². The summed E-state index contributed by atoms with van der Waals surface area (Å²) in [7, 11) is 1.78. The highest BCUT2D eigenvalue weighted by Gasteiger charge is 2.21. The van der Waals surface area contributed by atoms with Crippen molar-refractivity contribution in [2.24, 2.45) is 0 Å². The minimum atomic E-state index is -0.817. The minimum Gasteiger partial charge on any atom is -0.480 e. The first-order valence-electron chi connectivity index (χ1n) is 6.95. The molecule has 2 aromatic rings. The predicted molar refractivity (Wildman–Crippen MR) is 79.9 cm³/mol. The number of rotatable bonds is 6. The summed E-state index contributed by atoms with van der Waals surface area (Å²) in [5, 5.41) is 9.15. The fourth-order valence-corrected chi connectivity index (χ4v) is 2.25. The van der Waals surface area contributed by atoms with E-state index in [0.29, 0.717) is 18.9 Å². The van der Waals surface area contributed by atoms with Crippen LogP contribution >= 0.6 is 0 Å². The second-order valence-corrected chi connectivity index (χ2v) is 5.19. The lowest BCUT2D eigenvalue weighted by Crippen LogP contribution is -2.37. The van der Waals surface area contributed by atoms with Gasteiger partial charge in [-0.05, 0) is 32.5 Å². The van der Waals surface area contributed by atoms with Crippen LogP contribution in [0.2, 0.25) is 0 Å². The molecule has 1 unspecified atom stereocenters. The van der Waals surface area contributed by atoms with Gasteiger partial charge in [-0.3, -0.25) is 9.69 Å². The average Bonchev–Trinajstić information content (AvgIpc) is 2.88. The summed E-state index contributed by atoms with van der Waals surface area (Å²) in [6, 6.07) is 7.41. The van der Waals surface area contributed by atoms with E-state index in [9.17, 15) is 4.79 Å². The van der Waals surface area contributed by atoms with Gasteiger partial charge >= 0.3 is 5.97 Å². The van der Waals surface area contributed by atoms with Crippen molar-refractivity contribution < 1.29 is 14.3 Å². The summed E-state index contributed by atoms with van der Waals surface area (Å²) >= 11 is 0. The Morgan fingerprint density at radius 1 is 1.38 bits per heavy atom. The molecule has 1 aromatic carbocycles. The quantitative estimate of drug-likeness (QED) is 0.885. The molecule has 1 heterocycles. The number of aryl methyl sites for hydroxylation is 1. The van der Waals surface area contributed by atoms with Gasteiger partial charge in [-0.15, -0.1) is 0 Å². The van der Waals surface area contributed by atoms with Crippen molar-refractivity contribution in [2.75, 3.05) is 7.05 Å². The summed E-state index contributed by atoms with van der Waals surface area (Å²) in [5.41, 5.74) is 2.82. The van der Waals surface area contributed by atoms with Crippen LogP contribution in [-0.4, -0.2) is 34.0 Å². The third-order valence-electron chi connectivity index (χ3n) is 3.47. The van der Waals surface area contributed by atoms with Crippen molar-refractivity contribution in [3.05, 3.63) is 41.8 Å². The Hall–Kier alpha value is -2.14. The summed E-state index contributed by atoms with van der Waals surface area (Å²) in [6.07, 6.45) is 2.13. The molecule has 5 heteroatoms. The monoisotopic (exact) mass is 288 g/mol. The molecule has 2 rings (SSSR count). The van der Waals surface area contributed by atoms with E-state index in [1.165, 1.54) is 5.56 Å². The SMILES string of the molecule is CCC(C(=O)O)N(C)Cc1coc(-c2ccc(C)cc2)n1. The van der Waals surface area contributed by atoms with E-state index >= 15 is 0 Å². The third kappa shape index (κ3) is 3.70. The normalized spacial score (nSPS) is 12.6. The number of carboxylic acid groups (broad SMARTS) is 1. The largest absolute Gasteiger partial charge is 0.480 e. The van der Waals surface area contributed by atoms with Gasteiger partial charge in [0.2, 0.25) is 5.89 Å². The fourth-order valence-electron chi connectivity index (χ4n) is 2.25. The Labute approximate surface area is 124 Å². The van der Waals surface area contributed by atoms with Crippen LogP contribution in [0.15, 0.2) is 34.9 Å². The van der Waals surface area contributed by atoms with Gasteiger partial charge in [0.1, 0.15) is 12.3 Å². The van der Waals surface area contributed by atoms with Crippen LogP contribution in [0.4, 0.5) is 0 Å². The second kappa shape index (κ2) is 6.54. The lowest BCUT2D eigenvalue weighted by molar-refractivity contribution is -0.143. The minimum absolute atomic E-state index is 0.445. The Balaban J connectivity index is 2.09. The molecule has 0 saturated heterocycles. The molecule has 112 valence electrons. The maximum absolute atomic E-state index is 11.1. The lowest BCUT2D eigenvalue weighted by atomic mass is 10.1. The van der Waals surface area contributed by atoms with Crippen molar-refractivity contribution in [1.82, 2.24) is 9.88 Å². The molecule has 5 nitrogen and oxygen atoms in total. The van der Waals surface area contributed by atoms with Gasteiger partial charge in [-0.25, -0.2) is 4.98 Å². The zero-order chi connectivity index (χ0) is 15.4. The molecule has 0 radical (unpaired) electrons. The summed E-state index contributed by atoms with van der Waals surface area (Å²) in [5.74, 6) is -0.260. The second-order valence-electron chi connectivity index (χ2n) is 5.19. The summed E-state index contributed by atoms with van der Waals surface area (Å²) in [4.78, 5) is 17.3. The van der Waals surface area contributed by atoms with Crippen LogP contribution in [0.5, 0.6) is 0 Å². The highest BCUT2D eigenvalue weighted by atomic mass is 16.4. The molecular formula is C16H20N2O3. The van der Waals surface area contributed by atoms with Gasteiger partial charge in [0.05, 0.1) is 5.69 Å². The maximum Gasteiger partial charge on any atom is 0.320 e. The molecule has 0 spiro atoms. The number of likely N-dealkylation sites (N-methyl/N-ethyl adjacent to an activating group) is 1. The Bertz CT molecular complexity index is 604. The van der Waals surface area contributed by atoms with Crippen molar-refractivity contribution >= 4 is 5.97 Å². The van der Waals surface area contributed by atoms with E-state index in [2.05, 4.69) is 4.98 Å². The molecule has 0 bridgehead atoms. The number of nitrogens with zero attached hydrogens (tertiary/aromatic N) is 2. The maximum atomic E-state index is 11.1. The van der Waals surface area contributed by atoms with Crippen molar-refractivity contribution in [3.63, 3.8) is 0 Å². The Kier molecular flexibility index (Phi) is 4.75. The van der Waals surface area contributed by atoms with Gasteiger partial charge in [-0.2, -0.15) is 0 Å². The Morgan fingerprint density at radius 3 is 2.62 bits per heavy atom. The molecule has 0 aliphatic rings. The molecule has 21 heavy (non-hydrogen) atoms. The fraction of sp³-hybridized carbons (Fsp3) is 0.375. The standard InChI is InChI=1S/C16H20N2O3/c1-4-14(16(19)20)18(3)9-13-10-21-15(17-13)12-7-5-11(2)6-8-12/h5-8,10,14H,4,9H2,1-3H3,(H,19,20). The number of benzene rings is 1. The number of hydrogen-bond acceptors (Lipinski definition) is 4. The number of aliphatic carboxylic acids is 1. The number of oxazole rings is 1. The number of carboxylic acids is 1. The van der Waals surface area contributed by atoms with Crippen LogP contribution in [0.25, 0.3) is 11.5 Å². The molecular weight excluding hydrogens is 268 g/mol. The molecule has 1 aromatic heterocycles. The zero-order valence-electron chi connectivity index (χ0n) is 12.5. The van der Waals surface area contributed by atoms with Crippen molar-refractivity contribution in [2.45, 2.75) is 32.9 Å². The van der Waals surface area contributed by atoms with Gasteiger partial charge < -0.3 is 9.52 Å². The number of aromatic nitrogens is 1. The van der Waals surface area contributed by atoms with E-state index in [1.54, 1.807) is 18.2 Å². The van der Waals surface area contributed by atoms with Gasteiger partial charge in [0.25, 0.3) is 0 Å². The van der Waals surface area contributed by atoms with Crippen LogP contribution in [0.3, 0.4) is 0 Å². The molecule has 0 saturated carbocycles. The first-order chi connectivity index (χ1) is 10.0. The smallest absolute Gasteiger partial charge is 0.320 e. The molecule has 0 aliphatic heterocycles. The van der Waals surface area contributed by atoms with Crippen LogP contribution in [0.1, 0.15) is 24.6 Å². The first kappa shape index (κ1) is 15.3. The van der Waals surface area contributed by atoms with Crippen molar-refractivity contribution in [3.8, 4) is 11.5 Å². The molecule has 0 fully saturated rings. The lowest BCUT2D eigenvalue weighted by Gasteiger charge is -2.21. The van der Waals surface area contributed by atoms with E-state index < -0.39 is 12.0 Å². The zero-order valence-corrected chi connectivity index (χ0v) is 12.5.